The van der Waals surface area contributed by atoms with Gasteiger partial charge in [-0.3, -0.25) is 37.3 Å². The molecule has 0 saturated heterocycles. The highest BCUT2D eigenvalue weighted by atomic mass is 31.2. The number of rotatable bonds is 86. The molecular formula is C86H168O17P2. The Kier molecular flexibility index (Phi) is 77.3. The van der Waals surface area contributed by atoms with Crippen LogP contribution < -0.4 is 0 Å². The number of phosphoric ester groups is 2. The molecule has 105 heavy (non-hydrogen) atoms. The van der Waals surface area contributed by atoms with E-state index in [1.807, 2.05) is 0 Å². The number of phosphoric acid groups is 2. The van der Waals surface area contributed by atoms with Crippen LogP contribution in [0.5, 0.6) is 0 Å². The fraction of sp³-hybridized carbons (Fsp3) is 0.953. The minimum Gasteiger partial charge on any atom is -0.462 e. The van der Waals surface area contributed by atoms with Crippen molar-refractivity contribution in [3.05, 3.63) is 0 Å². The van der Waals surface area contributed by atoms with Crippen molar-refractivity contribution in [2.45, 2.75) is 483 Å². The molecule has 19 heteroatoms. The summed E-state index contributed by atoms with van der Waals surface area (Å²) >= 11 is 0. The Balaban J connectivity index is 5.14. The maximum absolute atomic E-state index is 13.1. The molecule has 0 aliphatic rings. The van der Waals surface area contributed by atoms with Gasteiger partial charge in [0.05, 0.1) is 26.4 Å². The van der Waals surface area contributed by atoms with Crippen molar-refractivity contribution in [3.63, 3.8) is 0 Å². The van der Waals surface area contributed by atoms with Gasteiger partial charge in [0.2, 0.25) is 0 Å². The third kappa shape index (κ3) is 79.9. The molecule has 0 heterocycles. The molecule has 0 aromatic rings. The molecule has 0 radical (unpaired) electrons. The van der Waals surface area contributed by atoms with E-state index in [4.69, 9.17) is 37.0 Å². The molecule has 0 bridgehead atoms. The fourth-order valence-electron chi connectivity index (χ4n) is 13.5. The third-order valence-corrected chi connectivity index (χ3v) is 22.2. The summed E-state index contributed by atoms with van der Waals surface area (Å²) < 4.78 is 68.7. The van der Waals surface area contributed by atoms with Crippen LogP contribution in [0.25, 0.3) is 0 Å². The van der Waals surface area contributed by atoms with Crippen molar-refractivity contribution in [1.82, 2.24) is 0 Å². The quantitative estimate of drug-likeness (QED) is 0.0222. The van der Waals surface area contributed by atoms with Crippen molar-refractivity contribution < 1.29 is 80.2 Å². The van der Waals surface area contributed by atoms with Crippen LogP contribution in [0, 0.1) is 5.92 Å². The minimum absolute atomic E-state index is 0.107. The first-order valence-electron chi connectivity index (χ1n) is 44.6. The average molecular weight is 1540 g/mol. The Labute approximate surface area is 645 Å². The molecule has 17 nitrogen and oxygen atoms in total. The van der Waals surface area contributed by atoms with Crippen LogP contribution in [-0.2, 0) is 65.4 Å². The van der Waals surface area contributed by atoms with Gasteiger partial charge in [0.25, 0.3) is 0 Å². The molecule has 0 aliphatic carbocycles. The first-order chi connectivity index (χ1) is 51.0. The van der Waals surface area contributed by atoms with E-state index in [2.05, 4.69) is 34.6 Å². The monoisotopic (exact) mass is 1540 g/mol. The predicted molar refractivity (Wildman–Crippen MR) is 432 cm³/mol. The van der Waals surface area contributed by atoms with E-state index in [-0.39, 0.29) is 25.7 Å². The molecule has 0 amide bonds. The Morgan fingerprint density at radius 3 is 0.648 bits per heavy atom. The maximum Gasteiger partial charge on any atom is 0.472 e. The second-order valence-electron chi connectivity index (χ2n) is 31.4. The van der Waals surface area contributed by atoms with Crippen LogP contribution in [0.2, 0.25) is 0 Å². The standard InChI is InChI=1S/C86H168O17P2/c1-6-9-12-15-18-20-22-24-26-28-30-32-34-36-38-40-42-46-50-55-60-65-70-84(89)97-76-82(103-85(90)71-66-61-56-51-47-43-41-39-37-35-33-31-29-27-25-23-21-19-16-13-10-7-2)78-101-105(94,95)99-74-80(87)73-98-104(92,93)100-77-81(75-96-83(88)69-64-59-53-17-14-11-8-3)102-86(91)72-67-62-57-52-48-44-45-49-54-58-63-68-79(4)5/h79-82,87H,6-78H2,1-5H3,(H,92,93)(H,94,95)/t80-,81+,82+/m0/s1. The molecule has 0 spiro atoms. The lowest BCUT2D eigenvalue weighted by Gasteiger charge is -2.21. The van der Waals surface area contributed by atoms with Gasteiger partial charge < -0.3 is 33.8 Å². The number of hydrogen-bond acceptors (Lipinski definition) is 15. The zero-order chi connectivity index (χ0) is 76.9. The van der Waals surface area contributed by atoms with Gasteiger partial charge in [-0.25, -0.2) is 9.13 Å². The van der Waals surface area contributed by atoms with Crippen molar-refractivity contribution in [2.24, 2.45) is 5.92 Å². The number of carbonyl (C=O) groups is 4. The van der Waals surface area contributed by atoms with E-state index < -0.39 is 97.5 Å². The predicted octanol–water partition coefficient (Wildman–Crippen LogP) is 26.4. The van der Waals surface area contributed by atoms with E-state index in [0.717, 1.165) is 109 Å². The summed E-state index contributed by atoms with van der Waals surface area (Å²) in [6.07, 6.45) is 72.7. The number of aliphatic hydroxyl groups excluding tert-OH is 1. The van der Waals surface area contributed by atoms with Gasteiger partial charge >= 0.3 is 39.5 Å². The molecule has 3 N–H and O–H groups in total. The van der Waals surface area contributed by atoms with Crippen LogP contribution in [0.15, 0.2) is 0 Å². The van der Waals surface area contributed by atoms with E-state index in [9.17, 15) is 43.2 Å². The topological polar surface area (TPSA) is 237 Å². The van der Waals surface area contributed by atoms with Crippen LogP contribution in [0.4, 0.5) is 0 Å². The van der Waals surface area contributed by atoms with E-state index in [1.165, 1.54) is 276 Å². The summed E-state index contributed by atoms with van der Waals surface area (Å²) in [4.78, 5) is 73.0. The van der Waals surface area contributed by atoms with Gasteiger partial charge in [-0.1, -0.05) is 413 Å². The van der Waals surface area contributed by atoms with Crippen molar-refractivity contribution in [2.75, 3.05) is 39.6 Å². The summed E-state index contributed by atoms with van der Waals surface area (Å²) in [5.74, 6) is -1.34. The fourth-order valence-corrected chi connectivity index (χ4v) is 15.1. The number of aliphatic hydroxyl groups is 1. The van der Waals surface area contributed by atoms with Crippen molar-refractivity contribution >= 4 is 39.5 Å². The highest BCUT2D eigenvalue weighted by Gasteiger charge is 2.30. The van der Waals surface area contributed by atoms with Gasteiger partial charge in [-0.15, -0.1) is 0 Å². The van der Waals surface area contributed by atoms with Gasteiger partial charge in [0.1, 0.15) is 19.3 Å². The molecule has 0 aromatic carbocycles. The molecule has 624 valence electrons. The highest BCUT2D eigenvalue weighted by Crippen LogP contribution is 2.45. The largest absolute Gasteiger partial charge is 0.472 e. The lowest BCUT2D eigenvalue weighted by Crippen LogP contribution is -2.30. The van der Waals surface area contributed by atoms with Crippen LogP contribution >= 0.6 is 15.6 Å². The van der Waals surface area contributed by atoms with E-state index in [1.54, 1.807) is 0 Å². The smallest absolute Gasteiger partial charge is 0.462 e. The van der Waals surface area contributed by atoms with Gasteiger partial charge in [0, 0.05) is 25.7 Å². The van der Waals surface area contributed by atoms with Crippen LogP contribution in [0.1, 0.15) is 465 Å². The van der Waals surface area contributed by atoms with E-state index in [0.29, 0.717) is 25.7 Å². The van der Waals surface area contributed by atoms with Gasteiger partial charge in [-0.2, -0.15) is 0 Å². The SMILES string of the molecule is CCCCCCCCCCCCCCCCCCCCCCCCC(=O)OC[C@H](COP(=O)(O)OC[C@@H](O)COP(=O)(O)OC[C@@H](COC(=O)CCCCCCCCC)OC(=O)CCCCCCCCCCCCCC(C)C)OC(=O)CCCCCCCCCCCCCCCCCCCCCCCC. The Hall–Kier alpha value is -1.94. The molecule has 0 aromatic heterocycles. The van der Waals surface area contributed by atoms with Crippen LogP contribution in [0.3, 0.4) is 0 Å². The van der Waals surface area contributed by atoms with Crippen LogP contribution in [-0.4, -0.2) is 96.7 Å². The normalized spacial score (nSPS) is 13.8. The summed E-state index contributed by atoms with van der Waals surface area (Å²) in [6, 6.07) is 0. The molecule has 0 fully saturated rings. The second-order valence-corrected chi connectivity index (χ2v) is 34.3. The molecule has 0 aliphatic heterocycles. The van der Waals surface area contributed by atoms with Gasteiger partial charge in [-0.05, 0) is 31.6 Å². The number of unbranched alkanes of at least 4 members (excludes halogenated alkanes) is 58. The number of carbonyl (C=O) groups excluding carboxylic acids is 4. The average Bonchev–Trinajstić information content (AvgIpc) is 0.920. The molecular weight excluding hydrogens is 1370 g/mol. The Morgan fingerprint density at radius 1 is 0.257 bits per heavy atom. The first kappa shape index (κ1) is 103. The summed E-state index contributed by atoms with van der Waals surface area (Å²) in [5, 5.41) is 10.6. The van der Waals surface area contributed by atoms with Gasteiger partial charge in [0.15, 0.2) is 12.2 Å². The Morgan fingerprint density at radius 2 is 0.438 bits per heavy atom. The summed E-state index contributed by atoms with van der Waals surface area (Å²) in [7, 11) is -9.92. The lowest BCUT2D eigenvalue weighted by atomic mass is 10.0. The summed E-state index contributed by atoms with van der Waals surface area (Å²) in [6.45, 7) is 7.30. The molecule has 5 atom stereocenters. The molecule has 2 unspecified atom stereocenters. The maximum atomic E-state index is 13.1. The first-order valence-corrected chi connectivity index (χ1v) is 47.6. The molecule has 0 rings (SSSR count). The lowest BCUT2D eigenvalue weighted by molar-refractivity contribution is -0.161. The second kappa shape index (κ2) is 78.7. The third-order valence-electron chi connectivity index (χ3n) is 20.3. The zero-order valence-electron chi connectivity index (χ0n) is 68.9. The summed E-state index contributed by atoms with van der Waals surface area (Å²) in [5.41, 5.74) is 0. The van der Waals surface area contributed by atoms with Crippen molar-refractivity contribution in [3.8, 4) is 0 Å². The number of ether oxygens (including phenoxy) is 4. The minimum atomic E-state index is -4.96. The highest BCUT2D eigenvalue weighted by molar-refractivity contribution is 7.47. The van der Waals surface area contributed by atoms with Crippen molar-refractivity contribution in [1.29, 1.82) is 0 Å². The molecule has 0 saturated carbocycles. The number of esters is 4. The number of hydrogen-bond donors (Lipinski definition) is 3. The van der Waals surface area contributed by atoms with E-state index >= 15 is 0 Å². The zero-order valence-corrected chi connectivity index (χ0v) is 70.7. The Bertz CT molecular complexity index is 2000.